The lowest BCUT2D eigenvalue weighted by atomic mass is 10.7. The maximum atomic E-state index is 6.49. The first kappa shape index (κ1) is 5.99. The quantitative estimate of drug-likeness (QED) is 0.512. The van der Waals surface area contributed by atoms with E-state index in [9.17, 15) is 0 Å². The van der Waals surface area contributed by atoms with Crippen LogP contribution in [0.4, 0.5) is 5.82 Å². The normalized spacial score (nSPS) is 8.44. The highest BCUT2D eigenvalue weighted by Gasteiger charge is 1.91. The monoisotopic (exact) mass is 139 g/mol. The summed E-state index contributed by atoms with van der Waals surface area (Å²) in [5, 5.41) is 0.308. The van der Waals surface area contributed by atoms with Crippen molar-refractivity contribution < 1.29 is 0 Å². The van der Waals surface area contributed by atoms with Gasteiger partial charge in [0.15, 0.2) is 11.3 Å². The first-order valence-electron chi connectivity index (χ1n) is 2.18. The molecule has 0 spiro atoms. The summed E-state index contributed by atoms with van der Waals surface area (Å²) in [5.41, 5.74) is 0. The van der Waals surface area contributed by atoms with Gasteiger partial charge >= 0.3 is 0 Å². The fourth-order valence-corrected chi connectivity index (χ4v) is 0.461. The van der Waals surface area contributed by atoms with Crippen LogP contribution in [-0.2, 0) is 0 Å². The van der Waals surface area contributed by atoms with Crippen LogP contribution in [-0.4, -0.2) is 9.97 Å². The maximum Gasteiger partial charge on any atom is 0.288 e. The first-order chi connectivity index (χ1) is 4.33. The lowest BCUT2D eigenvalue weighted by Gasteiger charge is -1.83. The molecule has 0 radical (unpaired) electrons. The van der Waals surface area contributed by atoms with Crippen molar-refractivity contribution in [2.24, 2.45) is 0 Å². The zero-order valence-electron chi connectivity index (χ0n) is 4.37. The van der Waals surface area contributed by atoms with E-state index >= 15 is 0 Å². The molecule has 0 aliphatic rings. The van der Waals surface area contributed by atoms with Gasteiger partial charge in [0.1, 0.15) is 0 Å². The first-order valence-corrected chi connectivity index (χ1v) is 2.56. The van der Waals surface area contributed by atoms with Crippen molar-refractivity contribution in [3.05, 3.63) is 29.0 Å². The molecule has 1 rings (SSSR count). The topological polar surface area (TPSA) is 30.1 Å². The second-order valence-electron chi connectivity index (χ2n) is 1.31. The van der Waals surface area contributed by atoms with Crippen LogP contribution in [0.1, 0.15) is 0 Å². The molecule has 0 saturated heterocycles. The molecule has 9 heavy (non-hydrogen) atoms. The van der Waals surface area contributed by atoms with Crippen LogP contribution in [0.15, 0.2) is 12.4 Å². The van der Waals surface area contributed by atoms with Gasteiger partial charge in [-0.3, -0.25) is 4.98 Å². The molecule has 0 fully saturated rings. The molecule has 0 saturated carbocycles. The van der Waals surface area contributed by atoms with E-state index in [1.807, 2.05) is 0 Å². The number of aromatic nitrogens is 2. The summed E-state index contributed by atoms with van der Waals surface area (Å²) >= 11 is 5.39. The molecule has 0 amide bonds. The lowest BCUT2D eigenvalue weighted by Crippen LogP contribution is -1.74. The minimum absolute atomic E-state index is 0.263. The Hall–Kier alpha value is -1.14. The second kappa shape index (κ2) is 2.42. The van der Waals surface area contributed by atoms with E-state index in [2.05, 4.69) is 14.8 Å². The highest BCUT2D eigenvalue weighted by Crippen LogP contribution is 2.06. The van der Waals surface area contributed by atoms with Gasteiger partial charge in [-0.25, -0.2) is 0 Å². The minimum atomic E-state index is 0.263. The zero-order valence-corrected chi connectivity index (χ0v) is 5.13. The van der Waals surface area contributed by atoms with Crippen molar-refractivity contribution in [1.82, 2.24) is 9.97 Å². The van der Waals surface area contributed by atoms with E-state index in [0.29, 0.717) is 5.15 Å². The maximum absolute atomic E-state index is 6.49. The molecule has 0 bridgehead atoms. The summed E-state index contributed by atoms with van der Waals surface area (Å²) in [4.78, 5) is 10.3. The summed E-state index contributed by atoms with van der Waals surface area (Å²) in [6.07, 6.45) is 2.67. The average Bonchev–Trinajstić information content (AvgIpc) is 1.90. The summed E-state index contributed by atoms with van der Waals surface area (Å²) in [6, 6.07) is 0. The molecule has 0 aromatic carbocycles. The molecule has 1 aromatic heterocycles. The molecular weight excluding hydrogens is 138 g/mol. The Morgan fingerprint density at radius 2 is 2.22 bits per heavy atom. The molecule has 0 unspecified atom stereocenters. The summed E-state index contributed by atoms with van der Waals surface area (Å²) in [6.45, 7) is 6.49. The molecule has 3 nitrogen and oxygen atoms in total. The minimum Gasteiger partial charge on any atom is -0.359 e. The summed E-state index contributed by atoms with van der Waals surface area (Å²) in [5.74, 6) is 0.263. The van der Waals surface area contributed by atoms with E-state index < -0.39 is 0 Å². The fraction of sp³-hybridized carbons (Fsp3) is 0. The van der Waals surface area contributed by atoms with Gasteiger partial charge in [-0.05, 0) is 0 Å². The number of hydrogen-bond acceptors (Lipinski definition) is 2. The van der Waals surface area contributed by atoms with E-state index in [-0.39, 0.29) is 5.82 Å². The van der Waals surface area contributed by atoms with Crippen molar-refractivity contribution >= 4 is 17.4 Å². The van der Waals surface area contributed by atoms with E-state index in [1.165, 1.54) is 12.4 Å². The van der Waals surface area contributed by atoms with Crippen LogP contribution in [0.5, 0.6) is 0 Å². The third kappa shape index (κ3) is 1.37. The van der Waals surface area contributed by atoms with Gasteiger partial charge in [-0.15, -0.1) is 4.98 Å². The molecule has 1 aromatic rings. The SMILES string of the molecule is [C-]#[N+]c1cnc(Cl)cn1. The molecule has 0 aliphatic carbocycles. The number of rotatable bonds is 0. The third-order valence-electron chi connectivity index (χ3n) is 0.721. The summed E-state index contributed by atoms with van der Waals surface area (Å²) in [7, 11) is 0. The van der Waals surface area contributed by atoms with Gasteiger partial charge in [0, 0.05) is 0 Å². The Bertz CT molecular complexity index is 235. The van der Waals surface area contributed by atoms with Gasteiger partial charge in [-0.2, -0.15) is 0 Å². The van der Waals surface area contributed by atoms with E-state index in [0.717, 1.165) is 0 Å². The Labute approximate surface area is 57.1 Å². The number of nitrogens with zero attached hydrogens (tertiary/aromatic N) is 3. The molecule has 0 N–H and O–H groups in total. The second-order valence-corrected chi connectivity index (χ2v) is 1.70. The van der Waals surface area contributed by atoms with Crippen molar-refractivity contribution in [2.45, 2.75) is 0 Å². The number of halogens is 1. The molecule has 4 heteroatoms. The van der Waals surface area contributed by atoms with Crippen molar-refractivity contribution in [3.63, 3.8) is 0 Å². The van der Waals surface area contributed by atoms with Crippen molar-refractivity contribution in [1.29, 1.82) is 0 Å². The van der Waals surface area contributed by atoms with Crippen LogP contribution < -0.4 is 0 Å². The van der Waals surface area contributed by atoms with Crippen LogP contribution in [0, 0.1) is 6.57 Å². The van der Waals surface area contributed by atoms with Gasteiger partial charge in [0.05, 0.1) is 6.20 Å². The third-order valence-corrected chi connectivity index (χ3v) is 0.916. The highest BCUT2D eigenvalue weighted by molar-refractivity contribution is 6.29. The highest BCUT2D eigenvalue weighted by atomic mass is 35.5. The van der Waals surface area contributed by atoms with E-state index in [1.54, 1.807) is 0 Å². The van der Waals surface area contributed by atoms with Gasteiger partial charge < -0.3 is 4.85 Å². The van der Waals surface area contributed by atoms with Crippen LogP contribution in [0.2, 0.25) is 5.15 Å². The molecule has 0 aliphatic heterocycles. The van der Waals surface area contributed by atoms with Crippen molar-refractivity contribution in [3.8, 4) is 0 Å². The van der Waals surface area contributed by atoms with E-state index in [4.69, 9.17) is 18.2 Å². The zero-order chi connectivity index (χ0) is 6.69. The fourth-order valence-electron chi connectivity index (χ4n) is 0.363. The smallest absolute Gasteiger partial charge is 0.288 e. The van der Waals surface area contributed by atoms with Gasteiger partial charge in [0.2, 0.25) is 0 Å². The predicted octanol–water partition coefficient (Wildman–Crippen LogP) is 1.68. The molecule has 44 valence electrons. The molecular formula is C5H2ClN3. The van der Waals surface area contributed by atoms with Gasteiger partial charge in [-0.1, -0.05) is 18.2 Å². The van der Waals surface area contributed by atoms with Crippen LogP contribution in [0.3, 0.4) is 0 Å². The van der Waals surface area contributed by atoms with Crippen LogP contribution in [0.25, 0.3) is 4.85 Å². The van der Waals surface area contributed by atoms with Crippen LogP contribution >= 0.6 is 11.6 Å². The Morgan fingerprint density at radius 3 is 2.67 bits per heavy atom. The lowest BCUT2D eigenvalue weighted by molar-refractivity contribution is 1.22. The number of hydrogen-bond donors (Lipinski definition) is 0. The van der Waals surface area contributed by atoms with Gasteiger partial charge in [0.25, 0.3) is 5.82 Å². The standard InChI is InChI=1S/C5H2ClN3/c1-7-5-3-8-4(6)2-9-5/h2-3H. The molecule has 1 heterocycles. The Morgan fingerprint density at radius 1 is 1.44 bits per heavy atom. The molecule has 0 atom stereocenters. The largest absolute Gasteiger partial charge is 0.359 e. The van der Waals surface area contributed by atoms with Crippen molar-refractivity contribution in [2.75, 3.05) is 0 Å². The summed E-state index contributed by atoms with van der Waals surface area (Å²) < 4.78 is 0. The predicted molar refractivity (Wildman–Crippen MR) is 33.3 cm³/mol. The average molecular weight is 140 g/mol. The Kier molecular flexibility index (Phi) is 1.61. The Balaban J connectivity index is 3.06.